The number of rotatable bonds is 8. The lowest BCUT2D eigenvalue weighted by Gasteiger charge is -2.49. The van der Waals surface area contributed by atoms with E-state index in [0.29, 0.717) is 22.3 Å². The van der Waals surface area contributed by atoms with Crippen LogP contribution in [0, 0.1) is 40.4 Å². The molecule has 0 aliphatic heterocycles. The Hall–Kier alpha value is -4.08. The summed E-state index contributed by atoms with van der Waals surface area (Å²) in [6.07, 6.45) is 0.588. The highest BCUT2D eigenvalue weighted by Crippen LogP contribution is 2.75. The Bertz CT molecular complexity index is 1730. The summed E-state index contributed by atoms with van der Waals surface area (Å²) in [6.45, 7) is 12.4. The van der Waals surface area contributed by atoms with Crippen LogP contribution < -0.4 is 0 Å². The highest BCUT2D eigenvalue weighted by Gasteiger charge is 2.85. The molecule has 6 rings (SSSR count). The fourth-order valence-electron chi connectivity index (χ4n) is 9.06. The van der Waals surface area contributed by atoms with E-state index < -0.39 is 75.8 Å². The molecule has 260 valence electrons. The molecule has 4 aliphatic rings. The summed E-state index contributed by atoms with van der Waals surface area (Å²) in [6, 6.07) is 17.1. The van der Waals surface area contributed by atoms with Crippen molar-refractivity contribution >= 4 is 23.7 Å². The number of fused-ring (bicyclic) bond motifs is 3. The number of Topliss-reactive ketones (excluding diaryl/α,β-unsaturated/α-hetero) is 1. The standard InChI is InChI=1S/C40H46O9/c1-22(2)26(6)34(43)48-33-24(4)19-38-25(5)20-39(49-36(45)28-16-12-9-13-17-28)30(29(32(38)42)18-23(3)31(41)40(33,38)46)37(39,7)21-47-35(44)27-14-10-8-11-15-27/h8-19,22,25-26,29-31,33,41,46H,20-21H2,1-7H3. The van der Waals surface area contributed by atoms with Crippen LogP contribution in [0.25, 0.3) is 0 Å². The average Bonchev–Trinajstić information content (AvgIpc) is 3.53. The Morgan fingerprint density at radius 1 is 0.918 bits per heavy atom. The number of aliphatic hydroxyl groups excluding tert-OH is 1. The van der Waals surface area contributed by atoms with Crippen molar-refractivity contribution in [1.29, 1.82) is 0 Å². The highest BCUT2D eigenvalue weighted by molar-refractivity contribution is 5.96. The first-order valence-electron chi connectivity index (χ1n) is 17.1. The Morgan fingerprint density at radius 3 is 2.06 bits per heavy atom. The Kier molecular flexibility index (Phi) is 8.56. The molecule has 9 nitrogen and oxygen atoms in total. The van der Waals surface area contributed by atoms with Gasteiger partial charge in [0.05, 0.1) is 22.5 Å². The van der Waals surface area contributed by atoms with Crippen LogP contribution >= 0.6 is 0 Å². The van der Waals surface area contributed by atoms with Crippen LogP contribution in [0.4, 0.5) is 0 Å². The smallest absolute Gasteiger partial charge is 0.338 e. The number of benzene rings is 2. The van der Waals surface area contributed by atoms with Gasteiger partial charge in [0.15, 0.2) is 17.5 Å². The summed E-state index contributed by atoms with van der Waals surface area (Å²) in [5.41, 5.74) is -4.73. The van der Waals surface area contributed by atoms with Gasteiger partial charge in [-0.15, -0.1) is 0 Å². The molecule has 2 N–H and O–H groups in total. The van der Waals surface area contributed by atoms with Crippen molar-refractivity contribution in [1.82, 2.24) is 0 Å². The van der Waals surface area contributed by atoms with E-state index in [1.165, 1.54) is 0 Å². The number of carbonyl (C=O) groups is 4. The van der Waals surface area contributed by atoms with Gasteiger partial charge in [-0.25, -0.2) is 9.59 Å². The van der Waals surface area contributed by atoms with Gasteiger partial charge in [0, 0.05) is 17.3 Å². The van der Waals surface area contributed by atoms with E-state index in [9.17, 15) is 24.6 Å². The van der Waals surface area contributed by atoms with E-state index in [1.807, 2.05) is 20.8 Å². The molecule has 4 aliphatic carbocycles. The van der Waals surface area contributed by atoms with Gasteiger partial charge in [-0.05, 0) is 67.5 Å². The molecule has 0 amide bonds. The van der Waals surface area contributed by atoms with Crippen LogP contribution in [0.15, 0.2) is 84.0 Å². The summed E-state index contributed by atoms with van der Waals surface area (Å²) >= 11 is 0. The molecule has 0 heterocycles. The molecule has 10 unspecified atom stereocenters. The molecule has 2 saturated carbocycles. The fourth-order valence-corrected chi connectivity index (χ4v) is 9.06. The van der Waals surface area contributed by atoms with Crippen LogP contribution in [0.1, 0.15) is 75.6 Å². The van der Waals surface area contributed by atoms with Gasteiger partial charge in [-0.2, -0.15) is 0 Å². The molecule has 2 aromatic carbocycles. The van der Waals surface area contributed by atoms with Crippen LogP contribution in [0.5, 0.6) is 0 Å². The van der Waals surface area contributed by atoms with Crippen LogP contribution in [0.2, 0.25) is 0 Å². The van der Waals surface area contributed by atoms with Gasteiger partial charge in [0.1, 0.15) is 18.3 Å². The first-order valence-corrected chi connectivity index (χ1v) is 17.1. The van der Waals surface area contributed by atoms with Crippen molar-refractivity contribution in [2.45, 2.75) is 78.3 Å². The van der Waals surface area contributed by atoms with Gasteiger partial charge < -0.3 is 24.4 Å². The predicted molar refractivity (Wildman–Crippen MR) is 180 cm³/mol. The number of ketones is 1. The lowest BCUT2D eigenvalue weighted by Crippen LogP contribution is -2.65. The molecule has 1 spiro atoms. The Morgan fingerprint density at radius 2 is 1.49 bits per heavy atom. The number of hydrogen-bond acceptors (Lipinski definition) is 9. The van der Waals surface area contributed by atoms with Crippen molar-refractivity contribution in [3.05, 3.63) is 95.1 Å². The Labute approximate surface area is 287 Å². The number of esters is 3. The summed E-state index contributed by atoms with van der Waals surface area (Å²) < 4.78 is 18.4. The summed E-state index contributed by atoms with van der Waals surface area (Å²) in [5.74, 6) is -4.88. The van der Waals surface area contributed by atoms with E-state index in [4.69, 9.17) is 14.2 Å². The third kappa shape index (κ3) is 4.95. The van der Waals surface area contributed by atoms with E-state index in [0.717, 1.165) is 0 Å². The SMILES string of the molecule is CC1=CC2C(=O)C3(C=C(C)C(OC(=O)C(C)C(C)C)C3(O)C1O)C(C)CC1(OC(=O)c3ccccc3)C2C1(C)COC(=O)c1ccccc1. The average molecular weight is 671 g/mol. The predicted octanol–water partition coefficient (Wildman–Crippen LogP) is 5.50. The van der Waals surface area contributed by atoms with E-state index in [2.05, 4.69) is 0 Å². The molecular weight excluding hydrogens is 624 g/mol. The number of aliphatic hydroxyl groups is 2. The first kappa shape index (κ1) is 34.8. The van der Waals surface area contributed by atoms with Gasteiger partial charge in [0.2, 0.25) is 0 Å². The molecule has 9 heteroatoms. The second-order valence-corrected chi connectivity index (χ2v) is 15.2. The third-order valence-corrected chi connectivity index (χ3v) is 12.2. The molecule has 10 atom stereocenters. The molecule has 2 bridgehead atoms. The minimum atomic E-state index is -2.23. The van der Waals surface area contributed by atoms with Crippen molar-refractivity contribution in [3.63, 3.8) is 0 Å². The second-order valence-electron chi connectivity index (χ2n) is 15.2. The van der Waals surface area contributed by atoms with E-state index in [-0.39, 0.29) is 24.7 Å². The number of hydrogen-bond donors (Lipinski definition) is 2. The number of ether oxygens (including phenoxy) is 3. The summed E-state index contributed by atoms with van der Waals surface area (Å²) in [7, 11) is 0. The summed E-state index contributed by atoms with van der Waals surface area (Å²) in [4.78, 5) is 55.5. The molecule has 2 aromatic rings. The molecular formula is C40H46O9. The minimum absolute atomic E-state index is 0.0368. The number of carbonyl (C=O) groups excluding carboxylic acids is 4. The molecule has 0 aromatic heterocycles. The fraction of sp³-hybridized carbons (Fsp3) is 0.500. The van der Waals surface area contributed by atoms with Crippen LogP contribution in [-0.4, -0.2) is 63.9 Å². The molecule has 2 fully saturated rings. The van der Waals surface area contributed by atoms with Crippen LogP contribution in [0.3, 0.4) is 0 Å². The monoisotopic (exact) mass is 670 g/mol. The highest BCUT2D eigenvalue weighted by atomic mass is 16.6. The molecule has 49 heavy (non-hydrogen) atoms. The zero-order chi connectivity index (χ0) is 35.7. The zero-order valence-electron chi connectivity index (χ0n) is 29.1. The van der Waals surface area contributed by atoms with Crippen molar-refractivity contribution in [3.8, 4) is 0 Å². The third-order valence-electron chi connectivity index (χ3n) is 12.2. The normalized spacial score (nSPS) is 36.6. The zero-order valence-corrected chi connectivity index (χ0v) is 29.1. The second kappa shape index (κ2) is 12.1. The van der Waals surface area contributed by atoms with E-state index >= 15 is 4.79 Å². The first-order chi connectivity index (χ1) is 23.1. The van der Waals surface area contributed by atoms with Gasteiger partial charge in [-0.3, -0.25) is 9.59 Å². The van der Waals surface area contributed by atoms with Gasteiger partial charge in [-0.1, -0.05) is 83.2 Å². The molecule has 0 radical (unpaired) electrons. The Balaban J connectivity index is 1.45. The topological polar surface area (TPSA) is 136 Å². The number of allylic oxidation sites excluding steroid dienone is 1. The maximum Gasteiger partial charge on any atom is 0.338 e. The van der Waals surface area contributed by atoms with Crippen LogP contribution in [-0.2, 0) is 23.8 Å². The van der Waals surface area contributed by atoms with Crippen molar-refractivity contribution < 1.29 is 43.6 Å². The van der Waals surface area contributed by atoms with Crippen molar-refractivity contribution in [2.75, 3.05) is 6.61 Å². The van der Waals surface area contributed by atoms with E-state index in [1.54, 1.807) is 101 Å². The maximum atomic E-state index is 15.2. The van der Waals surface area contributed by atoms with Crippen molar-refractivity contribution in [2.24, 2.45) is 40.4 Å². The summed E-state index contributed by atoms with van der Waals surface area (Å²) in [5, 5.41) is 24.8. The van der Waals surface area contributed by atoms with Gasteiger partial charge >= 0.3 is 17.9 Å². The van der Waals surface area contributed by atoms with Gasteiger partial charge in [0.25, 0.3) is 0 Å². The minimum Gasteiger partial charge on any atom is -0.461 e. The largest absolute Gasteiger partial charge is 0.461 e. The maximum absolute atomic E-state index is 15.2. The quantitative estimate of drug-likeness (QED) is 0.212. The lowest BCUT2D eigenvalue weighted by atomic mass is 9.59. The lowest BCUT2D eigenvalue weighted by molar-refractivity contribution is -0.206. The molecule has 0 saturated heterocycles.